The lowest BCUT2D eigenvalue weighted by Gasteiger charge is -2.46. The van der Waals surface area contributed by atoms with Gasteiger partial charge in [0.25, 0.3) is 0 Å². The molecule has 13 atom stereocenters. The number of aliphatic carboxylic acids is 2. The lowest BCUT2D eigenvalue weighted by molar-refractivity contribution is -0.152. The fourth-order valence-electron chi connectivity index (χ4n) is 16.1. The van der Waals surface area contributed by atoms with Crippen molar-refractivity contribution in [1.29, 1.82) is 0 Å². The zero-order chi connectivity index (χ0) is 84.9. The number of hydrogen-bond acceptors (Lipinski definition) is 19. The number of carbonyl (C=O) groups is 13. The quantitative estimate of drug-likeness (QED) is 0.0160. The van der Waals surface area contributed by atoms with Gasteiger partial charge in [-0.1, -0.05) is 55.8 Å². The number of amides is 8. The first-order chi connectivity index (χ1) is 53.4. The summed E-state index contributed by atoms with van der Waals surface area (Å²) in [7, 11) is 0. The van der Waals surface area contributed by atoms with Crippen LogP contribution in [0.15, 0.2) is 34.3 Å². The van der Waals surface area contributed by atoms with Crippen LogP contribution in [0.2, 0.25) is 5.02 Å². The van der Waals surface area contributed by atoms with Crippen molar-refractivity contribution in [3.05, 3.63) is 34.9 Å². The molecule has 640 valence electrons. The van der Waals surface area contributed by atoms with Gasteiger partial charge in [0.1, 0.15) is 46.8 Å². The number of benzene rings is 1. The molecule has 6 heterocycles. The number of hydrogen-bond donors (Lipinski definition) is 12. The normalized spacial score (nSPS) is 23.2. The van der Waals surface area contributed by atoms with Crippen molar-refractivity contribution in [2.45, 2.75) is 327 Å². The number of rotatable bonds is 30. The summed E-state index contributed by atoms with van der Waals surface area (Å²) in [5.41, 5.74) is 26.4. The standard InChI is InChI=1S/C37H58ClN9O6.C15H26N2O3.C14H22N2O5.C14H24N2O4/c1-23(48)47-31(10-6-16-45-37(42)43)33(51)21-28(18-24-7-3-2-4-8-24)35(53)46-22-30(49)19-26(9-5-15-44-36(40)41)32(50)20-27(34(39)52)17-25-11-13-29(38)14-12-25;1-10-6-5-7-11-8-9-12(13(18)17(10)11)16-14(19)20-15(2,3)4;1-14(2,3)21-13(20)15-9-7-8-5-4-6-10(12(18)19)16(8)11(9)17;1-14(2,3)20-13(19)15-9-4-5-10-6-7-11(12(17)18)16(10)8-9/h11-14,24,26-28,31H,2-10,15-22H2,1H3,(H2,39,52)(H,46,53)(H,47,48)(H4,40,41,44)(H4,42,43,45);10-12H,5-9H2,1-4H3,(H,16,19);8-10H,4-7H2,1-3H3,(H,15,20)(H,18,19);9-11H,4-8H2,1-3H3,(H,15,19)(H,17,18)/t26-,27?,28?,31?;10?,11-,12?;8-,9?,10?;9?,10-,11?/m0110/s1. The molecule has 34 heteroatoms. The number of nitrogens with two attached hydrogens (primary N) is 5. The van der Waals surface area contributed by atoms with E-state index >= 15 is 0 Å². The summed E-state index contributed by atoms with van der Waals surface area (Å²) in [6.07, 6.45) is 16.1. The van der Waals surface area contributed by atoms with Crippen molar-refractivity contribution in [3.8, 4) is 0 Å². The molecule has 33 nitrogen and oxygen atoms in total. The highest BCUT2D eigenvalue weighted by molar-refractivity contribution is 6.30. The van der Waals surface area contributed by atoms with Gasteiger partial charge in [-0.15, -0.1) is 0 Å². The number of guanidine groups is 2. The van der Waals surface area contributed by atoms with Crippen LogP contribution in [0.1, 0.15) is 249 Å². The second-order valence-electron chi connectivity index (χ2n) is 34.3. The monoisotopic (exact) mass is 1620 g/mol. The Morgan fingerprint density at radius 2 is 1.09 bits per heavy atom. The Morgan fingerprint density at radius 3 is 1.65 bits per heavy atom. The molecule has 114 heavy (non-hydrogen) atoms. The van der Waals surface area contributed by atoms with Crippen molar-refractivity contribution in [1.82, 2.24) is 41.3 Å². The summed E-state index contributed by atoms with van der Waals surface area (Å²) < 4.78 is 15.6. The summed E-state index contributed by atoms with van der Waals surface area (Å²) in [6.45, 7) is 20.3. The van der Waals surface area contributed by atoms with Gasteiger partial charge in [0.15, 0.2) is 23.5 Å². The molecule has 1 aliphatic carbocycles. The third-order valence-electron chi connectivity index (χ3n) is 21.3. The molecule has 17 N–H and O–H groups in total. The maximum absolute atomic E-state index is 13.6. The van der Waals surface area contributed by atoms with E-state index in [2.05, 4.69) is 43.5 Å². The van der Waals surface area contributed by atoms with Gasteiger partial charge in [-0.2, -0.15) is 0 Å². The van der Waals surface area contributed by atoms with Crippen molar-refractivity contribution in [3.63, 3.8) is 0 Å². The molecule has 7 aliphatic rings. The van der Waals surface area contributed by atoms with Gasteiger partial charge in [-0.25, -0.2) is 19.2 Å². The molecule has 6 aliphatic heterocycles. The molecule has 8 amide bonds. The number of halogens is 1. The number of nitrogens with zero attached hydrogens (tertiary/aromatic N) is 5. The third-order valence-corrected chi connectivity index (χ3v) is 21.5. The van der Waals surface area contributed by atoms with E-state index in [-0.39, 0.29) is 123 Å². The second-order valence-corrected chi connectivity index (χ2v) is 34.7. The summed E-state index contributed by atoms with van der Waals surface area (Å²) in [5.74, 6) is -6.64. The number of piperidine rings is 4. The topological polar surface area (TPSA) is 515 Å². The number of carbonyl (C=O) groups excluding carboxylic acids is 11. The molecule has 1 aromatic carbocycles. The Morgan fingerprint density at radius 1 is 0.561 bits per heavy atom. The van der Waals surface area contributed by atoms with Crippen molar-refractivity contribution in [2.24, 2.45) is 62.3 Å². The summed E-state index contributed by atoms with van der Waals surface area (Å²) in [4.78, 5) is 174. The molecule has 9 unspecified atom stereocenters. The first kappa shape index (κ1) is 95.7. The minimum atomic E-state index is -0.981. The van der Waals surface area contributed by atoms with Crippen molar-refractivity contribution >= 4 is 101 Å². The zero-order valence-corrected chi connectivity index (χ0v) is 69.5. The Kier molecular flexibility index (Phi) is 38.1. The van der Waals surface area contributed by atoms with Gasteiger partial charge in [0.2, 0.25) is 29.5 Å². The van der Waals surface area contributed by atoms with E-state index in [0.29, 0.717) is 75.0 Å². The first-order valence-corrected chi connectivity index (χ1v) is 40.9. The van der Waals surface area contributed by atoms with Crippen LogP contribution < -0.4 is 55.3 Å². The fraction of sp³-hybridized carbons (Fsp3) is 0.738. The van der Waals surface area contributed by atoms with Crippen LogP contribution in [-0.4, -0.2) is 217 Å². The van der Waals surface area contributed by atoms with Gasteiger partial charge in [-0.3, -0.25) is 58.0 Å². The summed E-state index contributed by atoms with van der Waals surface area (Å²) >= 11 is 5.98. The van der Waals surface area contributed by atoms with Crippen LogP contribution in [0.25, 0.3) is 0 Å². The maximum atomic E-state index is 13.6. The highest BCUT2D eigenvalue weighted by Crippen LogP contribution is 2.36. The summed E-state index contributed by atoms with van der Waals surface area (Å²) in [6, 6.07) is 4.64. The van der Waals surface area contributed by atoms with Crippen molar-refractivity contribution < 1.29 is 86.8 Å². The number of carboxylic acids is 2. The largest absolute Gasteiger partial charge is 0.480 e. The van der Waals surface area contributed by atoms with E-state index in [1.807, 2.05) is 51.3 Å². The minimum absolute atomic E-state index is 0.0268. The number of Topliss-reactive ketones (excluding diaryl/α,β-unsaturated/α-hetero) is 3. The van der Waals surface area contributed by atoms with E-state index in [0.717, 1.165) is 89.0 Å². The Balaban J connectivity index is 0.000000308. The maximum Gasteiger partial charge on any atom is 0.408 e. The number of carboxylic acid groups (broad SMARTS) is 2. The van der Waals surface area contributed by atoms with Gasteiger partial charge in [0, 0.05) is 98.8 Å². The van der Waals surface area contributed by atoms with Crippen LogP contribution in [0.3, 0.4) is 0 Å². The van der Waals surface area contributed by atoms with Crippen molar-refractivity contribution in [2.75, 3.05) is 26.2 Å². The Hall–Kier alpha value is -8.88. The van der Waals surface area contributed by atoms with E-state index < -0.39 is 107 Å². The van der Waals surface area contributed by atoms with E-state index in [9.17, 15) is 72.5 Å². The van der Waals surface area contributed by atoms with Crippen LogP contribution in [0.4, 0.5) is 14.4 Å². The molecule has 1 aromatic rings. The number of ketones is 3. The van der Waals surface area contributed by atoms with Crippen LogP contribution in [0.5, 0.6) is 0 Å². The van der Waals surface area contributed by atoms with E-state index in [4.69, 9.17) is 54.5 Å². The zero-order valence-electron chi connectivity index (χ0n) is 68.7. The van der Waals surface area contributed by atoms with Gasteiger partial charge < -0.3 is 89.5 Å². The highest BCUT2D eigenvalue weighted by Gasteiger charge is 2.49. The molecular formula is C80H130ClN15O18. The molecule has 6 saturated heterocycles. The Labute approximate surface area is 675 Å². The number of ether oxygens (including phenoxy) is 3. The number of aliphatic imine (C=N–C) groups is 2. The number of primary amides is 1. The van der Waals surface area contributed by atoms with Gasteiger partial charge in [-0.05, 0) is 215 Å². The highest BCUT2D eigenvalue weighted by atomic mass is 35.5. The predicted molar refractivity (Wildman–Crippen MR) is 429 cm³/mol. The van der Waals surface area contributed by atoms with Gasteiger partial charge >= 0.3 is 30.2 Å². The van der Waals surface area contributed by atoms with E-state index in [1.165, 1.54) is 18.2 Å². The Bertz CT molecular complexity index is 3490. The molecule has 0 radical (unpaired) electrons. The number of alkyl carbamates (subject to hydrolysis) is 3. The average Bonchev–Trinajstić information content (AvgIpc) is 1.34. The molecule has 8 rings (SSSR count). The smallest absolute Gasteiger partial charge is 0.408 e. The molecule has 7 fully saturated rings. The molecular weight excluding hydrogens is 1490 g/mol. The third kappa shape index (κ3) is 33.9. The fourth-order valence-corrected chi connectivity index (χ4v) is 16.2. The second kappa shape index (κ2) is 45.4. The lowest BCUT2D eigenvalue weighted by Crippen LogP contribution is -2.60. The predicted octanol–water partition coefficient (Wildman–Crippen LogP) is 6.94. The van der Waals surface area contributed by atoms with Crippen LogP contribution >= 0.6 is 11.6 Å². The van der Waals surface area contributed by atoms with Crippen LogP contribution in [-0.2, 0) is 68.6 Å². The molecule has 1 saturated carbocycles. The summed E-state index contributed by atoms with van der Waals surface area (Å²) in [5, 5.41) is 32.5. The number of fused-ring (bicyclic) bond motifs is 3. The minimum Gasteiger partial charge on any atom is -0.480 e. The molecule has 0 bridgehead atoms. The van der Waals surface area contributed by atoms with Crippen LogP contribution in [0, 0.1) is 23.7 Å². The first-order valence-electron chi connectivity index (χ1n) is 40.5. The molecule has 0 aromatic heterocycles. The average molecular weight is 1630 g/mol. The molecule has 0 spiro atoms. The van der Waals surface area contributed by atoms with E-state index in [1.54, 1.807) is 45.0 Å². The van der Waals surface area contributed by atoms with Gasteiger partial charge in [0.05, 0.1) is 12.6 Å². The number of nitrogens with one attached hydrogen (secondary N) is 5. The lowest BCUT2D eigenvalue weighted by atomic mass is 9.80. The SMILES string of the molecule is CC(=O)NC(CCCN=C(N)N)C(=O)CC(CC1CCCCC1)C(=O)NCC(=O)C[C@H](CCCN=C(N)N)C(=O)CC(Cc1ccc(Cl)cc1)C(N)=O.CC(C)(C)OC(=O)NC1CC[C@H]2CCC(C(=O)O)N2C1.CC(C)(C)OC(=O)NC1C[C@H]2CCCC(C(=O)O)N2C1=O.CC1CCC[C@@H]2CCC(NC(=O)OC(C)(C)C)C(=O)N12.